The Labute approximate surface area is 204 Å². The van der Waals surface area contributed by atoms with Crippen LogP contribution < -0.4 is 15.1 Å². The van der Waals surface area contributed by atoms with Crippen molar-refractivity contribution in [3.8, 4) is 0 Å². The van der Waals surface area contributed by atoms with E-state index in [0.29, 0.717) is 12.2 Å². The minimum Gasteiger partial charge on any atom is -0.382 e. The molecule has 9 nitrogen and oxygen atoms in total. The van der Waals surface area contributed by atoms with Crippen LogP contribution in [0.25, 0.3) is 11.0 Å². The molecule has 2 N–H and O–H groups in total. The third-order valence-corrected chi connectivity index (χ3v) is 6.56. The fourth-order valence-electron chi connectivity index (χ4n) is 4.59. The molecule has 0 spiro atoms. The molecule has 0 unspecified atom stereocenters. The first-order valence-corrected chi connectivity index (χ1v) is 11.7. The molecule has 0 aliphatic carbocycles. The number of anilines is 2. The normalized spacial score (nSPS) is 16.4. The first kappa shape index (κ1) is 22.8. The smallest absolute Gasteiger partial charge is 0.253 e. The fraction of sp³-hybridized carbons (Fsp3) is 0.308. The highest BCUT2D eigenvalue weighted by molar-refractivity contribution is 5.94. The number of benzene rings is 1. The van der Waals surface area contributed by atoms with Crippen LogP contribution in [0.1, 0.15) is 28.4 Å². The van der Waals surface area contributed by atoms with Crippen LogP contribution in [-0.2, 0) is 4.74 Å². The fourth-order valence-corrected chi connectivity index (χ4v) is 4.59. The number of aromatic amines is 1. The van der Waals surface area contributed by atoms with Crippen LogP contribution in [-0.4, -0.2) is 65.7 Å². The van der Waals surface area contributed by atoms with E-state index in [0.717, 1.165) is 47.7 Å². The van der Waals surface area contributed by atoms with Crippen molar-refractivity contribution in [1.29, 1.82) is 0 Å². The predicted molar refractivity (Wildman–Crippen MR) is 136 cm³/mol. The van der Waals surface area contributed by atoms with Gasteiger partial charge < -0.3 is 24.8 Å². The van der Waals surface area contributed by atoms with Crippen molar-refractivity contribution in [1.82, 2.24) is 25.3 Å². The zero-order valence-corrected chi connectivity index (χ0v) is 19.9. The minimum atomic E-state index is -0.228. The molecule has 4 aromatic rings. The van der Waals surface area contributed by atoms with Crippen LogP contribution in [0.5, 0.6) is 0 Å². The molecule has 0 saturated carbocycles. The van der Waals surface area contributed by atoms with Gasteiger partial charge in [-0.3, -0.25) is 4.79 Å². The number of nitrogens with zero attached hydrogens (tertiary/aromatic N) is 5. The zero-order chi connectivity index (χ0) is 24.2. The van der Waals surface area contributed by atoms with E-state index in [-0.39, 0.29) is 18.0 Å². The quantitative estimate of drug-likeness (QED) is 0.407. The summed E-state index contributed by atoms with van der Waals surface area (Å²) in [6.45, 7) is 2.14. The monoisotopic (exact) mass is 471 g/mol. The van der Waals surface area contributed by atoms with E-state index >= 15 is 0 Å². The number of aromatic nitrogens is 4. The molecule has 0 bridgehead atoms. The summed E-state index contributed by atoms with van der Waals surface area (Å²) in [5.74, 6) is 1.61. The van der Waals surface area contributed by atoms with E-state index < -0.39 is 0 Å². The largest absolute Gasteiger partial charge is 0.382 e. The lowest BCUT2D eigenvalue weighted by Gasteiger charge is -2.26. The molecule has 35 heavy (non-hydrogen) atoms. The molecule has 4 heterocycles. The number of fused-ring (bicyclic) bond motifs is 1. The van der Waals surface area contributed by atoms with Gasteiger partial charge in [0.25, 0.3) is 5.91 Å². The lowest BCUT2D eigenvalue weighted by Crippen LogP contribution is -2.35. The van der Waals surface area contributed by atoms with Gasteiger partial charge in [-0.05, 0) is 30.2 Å². The third-order valence-electron chi connectivity index (χ3n) is 6.56. The molecule has 1 aliphatic heterocycles. The summed E-state index contributed by atoms with van der Waals surface area (Å²) in [5.41, 5.74) is 2.36. The van der Waals surface area contributed by atoms with Crippen LogP contribution in [0, 0.1) is 0 Å². The molecule has 0 radical (unpaired) electrons. The van der Waals surface area contributed by atoms with E-state index in [1.807, 2.05) is 61.8 Å². The van der Waals surface area contributed by atoms with E-state index in [2.05, 4.69) is 35.1 Å². The zero-order valence-electron chi connectivity index (χ0n) is 19.9. The Morgan fingerprint density at radius 1 is 1.20 bits per heavy atom. The number of likely N-dealkylation sites (N-methyl/N-ethyl adjacent to an activating group) is 1. The second-order valence-electron chi connectivity index (χ2n) is 8.73. The molecular formula is C26H29N7O2. The van der Waals surface area contributed by atoms with Crippen LogP contribution in [0.15, 0.2) is 67.3 Å². The van der Waals surface area contributed by atoms with E-state index in [1.165, 1.54) is 0 Å². The highest BCUT2D eigenvalue weighted by atomic mass is 16.5. The maximum Gasteiger partial charge on any atom is 0.253 e. The number of ether oxygens (including phenoxy) is 1. The summed E-state index contributed by atoms with van der Waals surface area (Å²) in [4.78, 5) is 33.9. The highest BCUT2D eigenvalue weighted by Gasteiger charge is 2.28. The van der Waals surface area contributed by atoms with Gasteiger partial charge in [0, 0.05) is 45.7 Å². The van der Waals surface area contributed by atoms with Gasteiger partial charge in [-0.2, -0.15) is 0 Å². The number of H-pyrrole nitrogens is 1. The highest BCUT2D eigenvalue weighted by Crippen LogP contribution is 2.28. The Bertz CT molecular complexity index is 1280. The number of pyridine rings is 1. The van der Waals surface area contributed by atoms with Crippen molar-refractivity contribution >= 4 is 28.6 Å². The number of hydrogen-bond acceptors (Lipinski definition) is 7. The molecule has 9 heteroatoms. The number of methoxy groups -OCH3 is 1. The first-order chi connectivity index (χ1) is 17.1. The molecule has 1 fully saturated rings. The second-order valence-corrected chi connectivity index (χ2v) is 8.73. The third kappa shape index (κ3) is 4.81. The molecule has 180 valence electrons. The first-order valence-electron chi connectivity index (χ1n) is 11.7. The van der Waals surface area contributed by atoms with E-state index in [9.17, 15) is 4.79 Å². The molecule has 1 amide bonds. The summed E-state index contributed by atoms with van der Waals surface area (Å²) in [6, 6.07) is 15.6. The van der Waals surface area contributed by atoms with Gasteiger partial charge in [-0.25, -0.2) is 15.0 Å². The molecule has 1 aromatic carbocycles. The molecule has 1 saturated heterocycles. The van der Waals surface area contributed by atoms with Crippen molar-refractivity contribution in [3.05, 3.63) is 78.4 Å². The predicted octanol–water partition coefficient (Wildman–Crippen LogP) is 3.19. The number of carbonyl (C=O) groups is 1. The van der Waals surface area contributed by atoms with Gasteiger partial charge in [0.2, 0.25) is 0 Å². The van der Waals surface area contributed by atoms with Gasteiger partial charge in [-0.15, -0.1) is 0 Å². The summed E-state index contributed by atoms with van der Waals surface area (Å²) in [7, 11) is 3.68. The lowest BCUT2D eigenvalue weighted by molar-refractivity contribution is 0.0896. The Kier molecular flexibility index (Phi) is 6.58. The number of rotatable bonds is 8. The lowest BCUT2D eigenvalue weighted by atomic mass is 10.1. The summed E-state index contributed by atoms with van der Waals surface area (Å²) >= 11 is 0. The summed E-state index contributed by atoms with van der Waals surface area (Å²) in [5, 5.41) is 4.09. The van der Waals surface area contributed by atoms with Crippen molar-refractivity contribution in [2.24, 2.45) is 0 Å². The Morgan fingerprint density at radius 2 is 2.06 bits per heavy atom. The minimum absolute atomic E-state index is 0.177. The van der Waals surface area contributed by atoms with Crippen LogP contribution in [0.3, 0.4) is 0 Å². The number of nitrogens with one attached hydrogen (secondary N) is 2. The van der Waals surface area contributed by atoms with E-state index in [4.69, 9.17) is 4.74 Å². The maximum absolute atomic E-state index is 12.9. The standard InChI is InChI=1S/C26H29N7O2/c1-32(20-11-13-33(15-20)25-21-10-12-27-24(21)29-17-30-25)23-9-8-19(14-28-23)26(34)31-22(16-35-2)18-6-4-3-5-7-18/h3-10,12,14,17,20,22H,11,13,15-16H2,1-2H3,(H,31,34)(H,27,29,30)/t20-,22+/m1/s1. The Hall–Kier alpha value is -3.98. The topological polar surface area (TPSA) is 99.3 Å². The van der Waals surface area contributed by atoms with Gasteiger partial charge in [0.1, 0.15) is 23.6 Å². The van der Waals surface area contributed by atoms with Crippen molar-refractivity contribution < 1.29 is 9.53 Å². The Morgan fingerprint density at radius 3 is 2.83 bits per heavy atom. The molecule has 1 aliphatic rings. The van der Waals surface area contributed by atoms with Crippen LogP contribution >= 0.6 is 0 Å². The van der Waals surface area contributed by atoms with Crippen LogP contribution in [0.2, 0.25) is 0 Å². The average molecular weight is 472 g/mol. The van der Waals surface area contributed by atoms with Gasteiger partial charge in [0.05, 0.1) is 23.6 Å². The number of hydrogen-bond donors (Lipinski definition) is 2. The van der Waals surface area contributed by atoms with Crippen molar-refractivity contribution in [2.45, 2.75) is 18.5 Å². The summed E-state index contributed by atoms with van der Waals surface area (Å²) in [6.07, 6.45) is 6.12. The number of carbonyl (C=O) groups excluding carboxylic acids is 1. The summed E-state index contributed by atoms with van der Waals surface area (Å²) < 4.78 is 5.31. The number of amides is 1. The SMILES string of the molecule is COC[C@H](NC(=O)c1ccc(N(C)[C@@H]2CCN(c3ncnc4[nH]ccc34)C2)nc1)c1ccccc1. The van der Waals surface area contributed by atoms with Crippen molar-refractivity contribution in [2.75, 3.05) is 43.7 Å². The maximum atomic E-state index is 12.9. The average Bonchev–Trinajstić information content (AvgIpc) is 3.59. The van der Waals surface area contributed by atoms with Crippen molar-refractivity contribution in [3.63, 3.8) is 0 Å². The van der Waals surface area contributed by atoms with Gasteiger partial charge in [-0.1, -0.05) is 30.3 Å². The van der Waals surface area contributed by atoms with Gasteiger partial charge in [0.15, 0.2) is 0 Å². The Balaban J connectivity index is 1.24. The molecular weight excluding hydrogens is 442 g/mol. The molecule has 2 atom stereocenters. The van der Waals surface area contributed by atoms with E-state index in [1.54, 1.807) is 19.6 Å². The molecule has 5 rings (SSSR count). The van der Waals surface area contributed by atoms with Gasteiger partial charge >= 0.3 is 0 Å². The second kappa shape index (κ2) is 10.1. The van der Waals surface area contributed by atoms with Crippen LogP contribution in [0.4, 0.5) is 11.6 Å². The molecule has 3 aromatic heterocycles.